The molecule has 0 atom stereocenters. The van der Waals surface area contributed by atoms with Crippen LogP contribution in [0.15, 0.2) is 18.2 Å². The zero-order valence-corrected chi connectivity index (χ0v) is 12.0. The molecule has 0 saturated heterocycles. The van der Waals surface area contributed by atoms with Gasteiger partial charge in [-0.3, -0.25) is 4.79 Å². The number of carbonyl (C=O) groups is 1. The van der Waals surface area contributed by atoms with Gasteiger partial charge >= 0.3 is 0 Å². The number of aromatic nitrogens is 2. The van der Waals surface area contributed by atoms with Crippen LogP contribution < -0.4 is 0 Å². The van der Waals surface area contributed by atoms with Gasteiger partial charge in [-0.05, 0) is 36.2 Å². The van der Waals surface area contributed by atoms with Gasteiger partial charge in [0.05, 0.1) is 0 Å². The molecule has 1 aromatic heterocycles. The molecule has 0 radical (unpaired) electrons. The Balaban J connectivity index is 2.16. The largest absolute Gasteiger partial charge is 0.332 e. The third-order valence-corrected chi connectivity index (χ3v) is 3.62. The second kappa shape index (κ2) is 6.23. The molecule has 2 aromatic rings. The van der Waals surface area contributed by atoms with Crippen molar-refractivity contribution in [3.05, 3.63) is 44.9 Å². The number of carbonyl (C=O) groups excluding carboxylic acids is 1. The van der Waals surface area contributed by atoms with E-state index in [-0.39, 0.29) is 21.9 Å². The predicted molar refractivity (Wildman–Crippen MR) is 71.7 cm³/mol. The SMILES string of the molecule is CCN(Cc1ccc(F)c(F)c1)C(=O)c1nnc(Cl)s1. The molecule has 8 heteroatoms. The van der Waals surface area contributed by atoms with Crippen LogP contribution in [0.3, 0.4) is 0 Å². The van der Waals surface area contributed by atoms with Crippen LogP contribution in [0, 0.1) is 11.6 Å². The molecule has 0 saturated carbocycles. The molecule has 0 N–H and O–H groups in total. The maximum atomic E-state index is 13.1. The van der Waals surface area contributed by atoms with E-state index in [0.29, 0.717) is 12.1 Å². The first-order valence-corrected chi connectivity index (χ1v) is 6.93. The average molecular weight is 318 g/mol. The number of rotatable bonds is 4. The van der Waals surface area contributed by atoms with Gasteiger partial charge in [-0.2, -0.15) is 0 Å². The van der Waals surface area contributed by atoms with Gasteiger partial charge < -0.3 is 4.90 Å². The fourth-order valence-electron chi connectivity index (χ4n) is 1.61. The van der Waals surface area contributed by atoms with Crippen molar-refractivity contribution < 1.29 is 13.6 Å². The Kier molecular flexibility index (Phi) is 4.61. The zero-order valence-electron chi connectivity index (χ0n) is 10.4. The van der Waals surface area contributed by atoms with E-state index in [1.807, 2.05) is 0 Å². The lowest BCUT2D eigenvalue weighted by molar-refractivity contribution is 0.0751. The highest BCUT2D eigenvalue weighted by molar-refractivity contribution is 7.17. The van der Waals surface area contributed by atoms with Crippen molar-refractivity contribution in [2.24, 2.45) is 0 Å². The highest BCUT2D eigenvalue weighted by Gasteiger charge is 2.19. The van der Waals surface area contributed by atoms with E-state index in [1.165, 1.54) is 11.0 Å². The molecule has 0 bridgehead atoms. The zero-order chi connectivity index (χ0) is 14.7. The molecule has 0 aliphatic rings. The van der Waals surface area contributed by atoms with Crippen LogP contribution in [0.25, 0.3) is 0 Å². The minimum absolute atomic E-state index is 0.156. The first kappa shape index (κ1) is 14.8. The van der Waals surface area contributed by atoms with Crippen LogP contribution in [0.4, 0.5) is 8.78 Å². The van der Waals surface area contributed by atoms with Gasteiger partial charge in [-0.25, -0.2) is 8.78 Å². The molecule has 1 aromatic carbocycles. The lowest BCUT2D eigenvalue weighted by atomic mass is 10.2. The van der Waals surface area contributed by atoms with E-state index in [9.17, 15) is 13.6 Å². The standard InChI is InChI=1S/C12H10ClF2N3OS/c1-2-18(11(19)10-16-17-12(13)20-10)6-7-3-4-8(14)9(15)5-7/h3-5H,2,6H2,1H3. The fraction of sp³-hybridized carbons (Fsp3) is 0.250. The summed E-state index contributed by atoms with van der Waals surface area (Å²) in [6.07, 6.45) is 0. The Morgan fingerprint density at radius 3 is 2.65 bits per heavy atom. The Bertz CT molecular complexity index is 635. The van der Waals surface area contributed by atoms with Crippen LogP contribution in [-0.2, 0) is 6.54 Å². The number of benzene rings is 1. The van der Waals surface area contributed by atoms with Gasteiger partial charge in [0.15, 0.2) is 11.6 Å². The quantitative estimate of drug-likeness (QED) is 0.870. The van der Waals surface area contributed by atoms with Crippen molar-refractivity contribution in [2.45, 2.75) is 13.5 Å². The summed E-state index contributed by atoms with van der Waals surface area (Å²) < 4.78 is 26.2. The fourth-order valence-corrected chi connectivity index (χ4v) is 2.41. The molecule has 1 heterocycles. The van der Waals surface area contributed by atoms with E-state index in [0.717, 1.165) is 23.5 Å². The van der Waals surface area contributed by atoms with Crippen molar-refractivity contribution in [2.75, 3.05) is 6.54 Å². The molecule has 2 rings (SSSR count). The van der Waals surface area contributed by atoms with Gasteiger partial charge in [0.1, 0.15) is 0 Å². The van der Waals surface area contributed by atoms with E-state index in [1.54, 1.807) is 6.92 Å². The van der Waals surface area contributed by atoms with Gasteiger partial charge in [0.2, 0.25) is 9.47 Å². The van der Waals surface area contributed by atoms with E-state index in [4.69, 9.17) is 11.6 Å². The van der Waals surface area contributed by atoms with Gasteiger partial charge in [-0.1, -0.05) is 17.4 Å². The molecule has 0 aliphatic heterocycles. The van der Waals surface area contributed by atoms with Crippen molar-refractivity contribution >= 4 is 28.8 Å². The van der Waals surface area contributed by atoms with Gasteiger partial charge in [-0.15, -0.1) is 10.2 Å². The third-order valence-electron chi connectivity index (χ3n) is 2.61. The molecular weight excluding hydrogens is 308 g/mol. The summed E-state index contributed by atoms with van der Waals surface area (Å²) in [6, 6.07) is 3.53. The molecular formula is C12H10ClF2N3OS. The maximum absolute atomic E-state index is 13.1. The normalized spacial score (nSPS) is 10.6. The van der Waals surface area contributed by atoms with Crippen LogP contribution >= 0.6 is 22.9 Å². The Morgan fingerprint density at radius 1 is 1.35 bits per heavy atom. The third kappa shape index (κ3) is 3.29. The van der Waals surface area contributed by atoms with Crippen molar-refractivity contribution in [3.63, 3.8) is 0 Å². The highest BCUT2D eigenvalue weighted by Crippen LogP contribution is 2.18. The first-order valence-electron chi connectivity index (χ1n) is 5.73. The molecule has 4 nitrogen and oxygen atoms in total. The number of halogens is 3. The molecule has 0 spiro atoms. The van der Waals surface area contributed by atoms with Crippen molar-refractivity contribution in [1.82, 2.24) is 15.1 Å². The number of hydrogen-bond acceptors (Lipinski definition) is 4. The first-order chi connectivity index (χ1) is 9.51. The molecule has 0 fully saturated rings. The van der Waals surface area contributed by atoms with Gasteiger partial charge in [0, 0.05) is 13.1 Å². The maximum Gasteiger partial charge on any atom is 0.285 e. The molecule has 0 unspecified atom stereocenters. The van der Waals surface area contributed by atoms with Crippen molar-refractivity contribution in [3.8, 4) is 0 Å². The summed E-state index contributed by atoms with van der Waals surface area (Å²) in [5.74, 6) is -2.20. The predicted octanol–water partition coefficient (Wildman–Crippen LogP) is 3.13. The number of hydrogen-bond donors (Lipinski definition) is 0. The molecule has 1 amide bonds. The van der Waals surface area contributed by atoms with Crippen molar-refractivity contribution in [1.29, 1.82) is 0 Å². The van der Waals surface area contributed by atoms with Crippen LogP contribution in [0.1, 0.15) is 22.3 Å². The minimum Gasteiger partial charge on any atom is -0.332 e. The summed E-state index contributed by atoms with van der Waals surface area (Å²) in [6.45, 7) is 2.33. The Hall–Kier alpha value is -1.60. The highest BCUT2D eigenvalue weighted by atomic mass is 35.5. The van der Waals surface area contributed by atoms with E-state index >= 15 is 0 Å². The van der Waals surface area contributed by atoms with E-state index in [2.05, 4.69) is 10.2 Å². The Morgan fingerprint density at radius 2 is 2.10 bits per heavy atom. The van der Waals surface area contributed by atoms with Gasteiger partial charge in [0.25, 0.3) is 5.91 Å². The molecule has 106 valence electrons. The monoisotopic (exact) mass is 317 g/mol. The summed E-state index contributed by atoms with van der Waals surface area (Å²) in [7, 11) is 0. The Labute approximate surface area is 123 Å². The minimum atomic E-state index is -0.940. The molecule has 0 aliphatic carbocycles. The van der Waals surface area contributed by atoms with Crippen LogP contribution in [-0.4, -0.2) is 27.5 Å². The smallest absolute Gasteiger partial charge is 0.285 e. The topological polar surface area (TPSA) is 46.1 Å². The second-order valence-electron chi connectivity index (χ2n) is 3.93. The summed E-state index contributed by atoms with van der Waals surface area (Å²) >= 11 is 6.61. The van der Waals surface area contributed by atoms with E-state index < -0.39 is 11.6 Å². The summed E-state index contributed by atoms with van der Waals surface area (Å²) in [5, 5.41) is 7.40. The summed E-state index contributed by atoms with van der Waals surface area (Å²) in [4.78, 5) is 13.6. The van der Waals surface area contributed by atoms with Crippen LogP contribution in [0.5, 0.6) is 0 Å². The lowest BCUT2D eigenvalue weighted by Crippen LogP contribution is -2.30. The van der Waals surface area contributed by atoms with Crippen LogP contribution in [0.2, 0.25) is 4.47 Å². The second-order valence-corrected chi connectivity index (χ2v) is 5.49. The molecule has 20 heavy (non-hydrogen) atoms. The number of amides is 1. The summed E-state index contributed by atoms with van der Waals surface area (Å²) in [5.41, 5.74) is 0.495. The number of nitrogens with zero attached hydrogens (tertiary/aromatic N) is 3. The lowest BCUT2D eigenvalue weighted by Gasteiger charge is -2.19. The average Bonchev–Trinajstić information content (AvgIpc) is 2.86.